The van der Waals surface area contributed by atoms with Crippen LogP contribution in [0.3, 0.4) is 0 Å². The monoisotopic (exact) mass is 243 g/mol. The van der Waals surface area contributed by atoms with E-state index < -0.39 is 0 Å². The third-order valence-corrected chi connectivity index (χ3v) is 3.52. The molecule has 0 atom stereocenters. The second kappa shape index (κ2) is 4.46. The van der Waals surface area contributed by atoms with E-state index in [1.54, 1.807) is 6.07 Å². The minimum absolute atomic E-state index is 0.0228. The first-order valence-electron chi connectivity index (χ1n) is 6.34. The summed E-state index contributed by atoms with van der Waals surface area (Å²) in [5.41, 5.74) is 3.10. The Morgan fingerprint density at radius 1 is 1.22 bits per heavy atom. The van der Waals surface area contributed by atoms with Gasteiger partial charge in [0.05, 0.1) is 11.2 Å². The molecule has 0 saturated carbocycles. The molecule has 94 valence electrons. The number of benzene rings is 1. The third-order valence-electron chi connectivity index (χ3n) is 3.52. The van der Waals surface area contributed by atoms with Crippen LogP contribution in [0.1, 0.15) is 5.56 Å². The van der Waals surface area contributed by atoms with Gasteiger partial charge in [0.25, 0.3) is 0 Å². The first-order valence-corrected chi connectivity index (χ1v) is 6.34. The highest BCUT2D eigenvalue weighted by Gasteiger charge is 2.14. The molecule has 2 N–H and O–H groups in total. The second-order valence-corrected chi connectivity index (χ2v) is 4.75. The number of anilines is 1. The average Bonchev–Trinajstić information content (AvgIpc) is 2.40. The Bertz CT molecular complexity index is 626. The van der Waals surface area contributed by atoms with Gasteiger partial charge in [0.2, 0.25) is 5.56 Å². The number of fused-ring (bicyclic) bond motifs is 1. The minimum Gasteiger partial charge on any atom is -0.368 e. The van der Waals surface area contributed by atoms with E-state index in [1.807, 2.05) is 19.1 Å². The van der Waals surface area contributed by atoms with Gasteiger partial charge in [-0.15, -0.1) is 0 Å². The van der Waals surface area contributed by atoms with Crippen LogP contribution in [0.4, 0.5) is 5.69 Å². The summed E-state index contributed by atoms with van der Waals surface area (Å²) >= 11 is 0. The fourth-order valence-corrected chi connectivity index (χ4v) is 2.58. The predicted octanol–water partition coefficient (Wildman–Crippen LogP) is 1.25. The van der Waals surface area contributed by atoms with Gasteiger partial charge in [-0.1, -0.05) is 18.2 Å². The van der Waals surface area contributed by atoms with Crippen molar-refractivity contribution in [3.63, 3.8) is 0 Å². The molecule has 0 radical (unpaired) electrons. The summed E-state index contributed by atoms with van der Waals surface area (Å²) < 4.78 is 0. The van der Waals surface area contributed by atoms with Crippen LogP contribution >= 0.6 is 0 Å². The first-order chi connectivity index (χ1) is 8.75. The summed E-state index contributed by atoms with van der Waals surface area (Å²) in [6.45, 7) is 5.87. The highest BCUT2D eigenvalue weighted by Crippen LogP contribution is 2.25. The molecule has 1 saturated heterocycles. The zero-order valence-electron chi connectivity index (χ0n) is 10.5. The number of nitrogens with one attached hydrogen (secondary N) is 2. The van der Waals surface area contributed by atoms with Gasteiger partial charge in [0.1, 0.15) is 0 Å². The number of hydrogen-bond acceptors (Lipinski definition) is 3. The van der Waals surface area contributed by atoms with Gasteiger partial charge in [-0.3, -0.25) is 4.79 Å². The van der Waals surface area contributed by atoms with Crippen molar-refractivity contribution in [2.75, 3.05) is 31.1 Å². The lowest BCUT2D eigenvalue weighted by Gasteiger charge is -2.30. The molecule has 2 heterocycles. The molecule has 1 fully saturated rings. The van der Waals surface area contributed by atoms with Crippen LogP contribution in [-0.2, 0) is 0 Å². The molecule has 0 spiro atoms. The fourth-order valence-electron chi connectivity index (χ4n) is 2.58. The number of piperazine rings is 1. The van der Waals surface area contributed by atoms with E-state index in [4.69, 9.17) is 0 Å². The lowest BCUT2D eigenvalue weighted by molar-refractivity contribution is 0.590. The Morgan fingerprint density at radius 2 is 2.00 bits per heavy atom. The lowest BCUT2D eigenvalue weighted by Crippen LogP contribution is -2.43. The van der Waals surface area contributed by atoms with Crippen LogP contribution in [0.5, 0.6) is 0 Å². The smallest absolute Gasteiger partial charge is 0.250 e. The molecule has 2 aromatic rings. The summed E-state index contributed by atoms with van der Waals surface area (Å²) in [7, 11) is 0. The maximum Gasteiger partial charge on any atom is 0.250 e. The van der Waals surface area contributed by atoms with Crippen LogP contribution in [0.15, 0.2) is 29.1 Å². The highest BCUT2D eigenvalue weighted by atomic mass is 16.1. The molecule has 0 amide bonds. The molecular formula is C14H17N3O. The van der Waals surface area contributed by atoms with Crippen molar-refractivity contribution in [2.24, 2.45) is 0 Å². The average molecular weight is 243 g/mol. The number of aryl methyl sites for hydroxylation is 1. The normalized spacial score (nSPS) is 16.2. The fraction of sp³-hybridized carbons (Fsp3) is 0.357. The molecule has 0 aliphatic carbocycles. The standard InChI is InChI=1S/C14H17N3O/c1-10-3-2-4-11-12(9-13(18)16-14(10)11)17-7-5-15-6-8-17/h2-4,9,15H,5-8H2,1H3,(H,16,18). The highest BCUT2D eigenvalue weighted by molar-refractivity contribution is 5.93. The van der Waals surface area contributed by atoms with Gasteiger partial charge >= 0.3 is 0 Å². The Labute approximate surface area is 106 Å². The lowest BCUT2D eigenvalue weighted by atomic mass is 10.1. The van der Waals surface area contributed by atoms with Gasteiger partial charge in [-0.25, -0.2) is 0 Å². The topological polar surface area (TPSA) is 48.1 Å². The van der Waals surface area contributed by atoms with Gasteiger partial charge in [0.15, 0.2) is 0 Å². The van der Waals surface area contributed by atoms with Crippen molar-refractivity contribution in [1.82, 2.24) is 10.3 Å². The van der Waals surface area contributed by atoms with Crippen LogP contribution in [-0.4, -0.2) is 31.2 Å². The third kappa shape index (κ3) is 1.88. The number of aromatic amines is 1. The molecule has 4 nitrogen and oxygen atoms in total. The van der Waals surface area contributed by atoms with E-state index in [2.05, 4.69) is 21.3 Å². The van der Waals surface area contributed by atoms with Crippen LogP contribution in [0.25, 0.3) is 10.9 Å². The SMILES string of the molecule is Cc1cccc2c(N3CCNCC3)cc(=O)[nH]c12. The Morgan fingerprint density at radius 3 is 2.78 bits per heavy atom. The molecule has 18 heavy (non-hydrogen) atoms. The van der Waals surface area contributed by atoms with Gasteiger partial charge in [-0.05, 0) is 12.5 Å². The maximum absolute atomic E-state index is 11.8. The van der Waals surface area contributed by atoms with Crippen molar-refractivity contribution >= 4 is 16.6 Å². The number of H-pyrrole nitrogens is 1. The summed E-state index contributed by atoms with van der Waals surface area (Å²) in [5, 5.41) is 4.47. The van der Waals surface area contributed by atoms with Gasteiger partial charge < -0.3 is 15.2 Å². The number of rotatable bonds is 1. The van der Waals surface area contributed by atoms with Crippen LogP contribution < -0.4 is 15.8 Å². The number of aromatic nitrogens is 1. The van der Waals surface area contributed by atoms with E-state index in [0.29, 0.717) is 0 Å². The van der Waals surface area contributed by atoms with E-state index in [1.165, 1.54) is 0 Å². The van der Waals surface area contributed by atoms with Crippen molar-refractivity contribution in [3.05, 3.63) is 40.2 Å². The molecule has 1 aromatic heterocycles. The Hall–Kier alpha value is -1.81. The van der Waals surface area contributed by atoms with Gasteiger partial charge in [-0.2, -0.15) is 0 Å². The zero-order valence-corrected chi connectivity index (χ0v) is 10.5. The van der Waals surface area contributed by atoms with Gasteiger partial charge in [0, 0.05) is 37.6 Å². The predicted molar refractivity (Wildman–Crippen MR) is 74.4 cm³/mol. The number of para-hydroxylation sites is 1. The van der Waals surface area contributed by atoms with E-state index in [-0.39, 0.29) is 5.56 Å². The van der Waals surface area contributed by atoms with E-state index in [9.17, 15) is 4.79 Å². The summed E-state index contributed by atoms with van der Waals surface area (Å²) in [4.78, 5) is 17.0. The summed E-state index contributed by atoms with van der Waals surface area (Å²) in [5.74, 6) is 0. The van der Waals surface area contributed by atoms with Crippen LogP contribution in [0, 0.1) is 6.92 Å². The zero-order chi connectivity index (χ0) is 12.5. The molecule has 0 bridgehead atoms. The quantitative estimate of drug-likeness (QED) is 0.792. The second-order valence-electron chi connectivity index (χ2n) is 4.75. The maximum atomic E-state index is 11.8. The molecule has 0 unspecified atom stereocenters. The molecular weight excluding hydrogens is 226 g/mol. The van der Waals surface area contributed by atoms with Crippen molar-refractivity contribution < 1.29 is 0 Å². The van der Waals surface area contributed by atoms with E-state index >= 15 is 0 Å². The van der Waals surface area contributed by atoms with E-state index in [0.717, 1.165) is 48.3 Å². The van der Waals surface area contributed by atoms with Crippen LogP contribution in [0.2, 0.25) is 0 Å². The summed E-state index contributed by atoms with van der Waals surface area (Å²) in [6.07, 6.45) is 0. The Kier molecular flexibility index (Phi) is 2.80. The molecule has 3 rings (SSSR count). The molecule has 4 heteroatoms. The van der Waals surface area contributed by atoms with Crippen molar-refractivity contribution in [3.8, 4) is 0 Å². The van der Waals surface area contributed by atoms with Crippen molar-refractivity contribution in [1.29, 1.82) is 0 Å². The number of pyridine rings is 1. The minimum atomic E-state index is -0.0228. The van der Waals surface area contributed by atoms with Crippen molar-refractivity contribution in [2.45, 2.75) is 6.92 Å². The Balaban J connectivity index is 2.21. The first kappa shape index (κ1) is 11.3. The summed E-state index contributed by atoms with van der Waals surface area (Å²) in [6, 6.07) is 7.87. The molecule has 1 aliphatic rings. The number of nitrogens with zero attached hydrogens (tertiary/aromatic N) is 1. The molecule has 1 aromatic carbocycles. The number of hydrogen-bond donors (Lipinski definition) is 2. The molecule has 1 aliphatic heterocycles. The largest absolute Gasteiger partial charge is 0.368 e.